The second-order valence-electron chi connectivity index (χ2n) is 4.43. The van der Waals surface area contributed by atoms with Crippen molar-refractivity contribution in [1.29, 1.82) is 0 Å². The first kappa shape index (κ1) is 13.1. The quantitative estimate of drug-likeness (QED) is 0.921. The van der Waals surface area contributed by atoms with Gasteiger partial charge in [0.1, 0.15) is 10.8 Å². The van der Waals surface area contributed by atoms with Gasteiger partial charge in [-0.25, -0.2) is 4.98 Å². The molecule has 0 bridgehead atoms. The summed E-state index contributed by atoms with van der Waals surface area (Å²) >= 11 is 1.67. The smallest absolute Gasteiger partial charge is 0.121 e. The maximum Gasteiger partial charge on any atom is 0.121 e. The third-order valence-electron chi connectivity index (χ3n) is 2.87. The van der Waals surface area contributed by atoms with Gasteiger partial charge in [-0.2, -0.15) is 0 Å². The molecule has 0 fully saturated rings. The summed E-state index contributed by atoms with van der Waals surface area (Å²) in [4.78, 5) is 5.83. The number of benzene rings is 1. The minimum absolute atomic E-state index is 0.0122. The Morgan fingerprint density at radius 1 is 1.33 bits per heavy atom. The molecule has 0 radical (unpaired) electrons. The standard InChI is InChI=1S/C14H18N2OS/c1-8-7-11(5-6-12(8)17-4)13-10(3)18-14(16-13)9(2)15/h5-7,9H,15H2,1-4H3. The lowest BCUT2D eigenvalue weighted by Gasteiger charge is -2.06. The van der Waals surface area contributed by atoms with Crippen LogP contribution in [0.25, 0.3) is 11.3 Å². The number of methoxy groups -OCH3 is 1. The number of ether oxygens (including phenoxy) is 1. The van der Waals surface area contributed by atoms with E-state index in [4.69, 9.17) is 10.5 Å². The van der Waals surface area contributed by atoms with E-state index in [-0.39, 0.29) is 6.04 Å². The largest absolute Gasteiger partial charge is 0.496 e. The fourth-order valence-corrected chi connectivity index (χ4v) is 2.80. The molecule has 0 aliphatic rings. The van der Waals surface area contributed by atoms with Gasteiger partial charge in [0.2, 0.25) is 0 Å². The number of nitrogens with two attached hydrogens (primary N) is 1. The van der Waals surface area contributed by atoms with Crippen LogP contribution in [0.4, 0.5) is 0 Å². The van der Waals surface area contributed by atoms with Crippen molar-refractivity contribution in [3.05, 3.63) is 33.6 Å². The second-order valence-corrected chi connectivity index (χ2v) is 5.66. The number of hydrogen-bond acceptors (Lipinski definition) is 4. The highest BCUT2D eigenvalue weighted by Gasteiger charge is 2.13. The molecule has 2 rings (SSSR count). The summed E-state index contributed by atoms with van der Waals surface area (Å²) in [5.41, 5.74) is 9.14. The molecule has 1 heterocycles. The van der Waals surface area contributed by atoms with Crippen LogP contribution in [-0.2, 0) is 0 Å². The molecule has 18 heavy (non-hydrogen) atoms. The summed E-state index contributed by atoms with van der Waals surface area (Å²) in [6.45, 7) is 6.08. The van der Waals surface area contributed by atoms with Crippen molar-refractivity contribution < 1.29 is 4.74 Å². The van der Waals surface area contributed by atoms with Crippen molar-refractivity contribution in [1.82, 2.24) is 4.98 Å². The molecule has 0 aliphatic heterocycles. The number of rotatable bonds is 3. The first-order chi connectivity index (χ1) is 8.52. The molecule has 0 saturated heterocycles. The van der Waals surface area contributed by atoms with Gasteiger partial charge in [-0.3, -0.25) is 0 Å². The zero-order valence-electron chi connectivity index (χ0n) is 11.2. The number of aryl methyl sites for hydroxylation is 2. The van der Waals surface area contributed by atoms with E-state index < -0.39 is 0 Å². The molecule has 0 amide bonds. The van der Waals surface area contributed by atoms with E-state index >= 15 is 0 Å². The minimum atomic E-state index is -0.0122. The Balaban J connectivity index is 2.45. The zero-order valence-corrected chi connectivity index (χ0v) is 12.0. The molecule has 2 N–H and O–H groups in total. The van der Waals surface area contributed by atoms with Crippen LogP contribution in [0.1, 0.15) is 28.4 Å². The van der Waals surface area contributed by atoms with Gasteiger partial charge in [-0.1, -0.05) is 0 Å². The Labute approximate surface area is 112 Å². The van der Waals surface area contributed by atoms with E-state index in [0.717, 1.165) is 27.6 Å². The molecular formula is C14H18N2OS. The summed E-state index contributed by atoms with van der Waals surface area (Å²) in [6, 6.07) is 6.11. The van der Waals surface area contributed by atoms with Crippen LogP contribution in [0, 0.1) is 13.8 Å². The molecule has 1 atom stereocenters. The van der Waals surface area contributed by atoms with Crippen LogP contribution >= 0.6 is 11.3 Å². The Morgan fingerprint density at radius 3 is 2.56 bits per heavy atom. The average molecular weight is 262 g/mol. The lowest BCUT2D eigenvalue weighted by atomic mass is 10.1. The van der Waals surface area contributed by atoms with Gasteiger partial charge in [0.25, 0.3) is 0 Å². The normalized spacial score (nSPS) is 12.5. The third kappa shape index (κ3) is 2.40. The summed E-state index contributed by atoms with van der Waals surface area (Å²) < 4.78 is 5.27. The predicted octanol–water partition coefficient (Wildman–Crippen LogP) is 3.46. The van der Waals surface area contributed by atoms with Crippen LogP contribution in [0.2, 0.25) is 0 Å². The van der Waals surface area contributed by atoms with E-state index in [0.29, 0.717) is 0 Å². The lowest BCUT2D eigenvalue weighted by molar-refractivity contribution is 0.412. The maximum absolute atomic E-state index is 5.88. The second kappa shape index (κ2) is 5.08. The molecule has 96 valence electrons. The molecule has 1 aromatic carbocycles. The van der Waals surface area contributed by atoms with Crippen LogP contribution in [0.5, 0.6) is 5.75 Å². The molecule has 1 aromatic heterocycles. The van der Waals surface area contributed by atoms with Crippen LogP contribution in [0.3, 0.4) is 0 Å². The molecule has 0 saturated carbocycles. The molecule has 2 aromatic rings. The van der Waals surface area contributed by atoms with E-state index in [1.807, 2.05) is 26.0 Å². The van der Waals surface area contributed by atoms with Crippen LogP contribution < -0.4 is 10.5 Å². The van der Waals surface area contributed by atoms with E-state index in [1.54, 1.807) is 18.4 Å². The highest BCUT2D eigenvalue weighted by Crippen LogP contribution is 2.32. The van der Waals surface area contributed by atoms with Gasteiger partial charge in [0.15, 0.2) is 0 Å². The third-order valence-corrected chi connectivity index (χ3v) is 4.04. The van der Waals surface area contributed by atoms with Gasteiger partial charge in [0.05, 0.1) is 18.8 Å². The molecular weight excluding hydrogens is 244 g/mol. The summed E-state index contributed by atoms with van der Waals surface area (Å²) in [5, 5.41) is 0.982. The van der Waals surface area contributed by atoms with E-state index in [2.05, 4.69) is 18.0 Å². The van der Waals surface area contributed by atoms with Crippen molar-refractivity contribution in [2.75, 3.05) is 7.11 Å². The Kier molecular flexibility index (Phi) is 3.68. The molecule has 3 nitrogen and oxygen atoms in total. The Hall–Kier alpha value is -1.39. The molecule has 0 spiro atoms. The van der Waals surface area contributed by atoms with Crippen LogP contribution in [0.15, 0.2) is 18.2 Å². The first-order valence-corrected chi connectivity index (χ1v) is 6.72. The lowest BCUT2D eigenvalue weighted by Crippen LogP contribution is -2.03. The highest BCUT2D eigenvalue weighted by molar-refractivity contribution is 7.12. The van der Waals surface area contributed by atoms with E-state index in [1.165, 1.54) is 4.88 Å². The number of nitrogens with zero attached hydrogens (tertiary/aromatic N) is 1. The molecule has 4 heteroatoms. The zero-order chi connectivity index (χ0) is 13.3. The Bertz CT molecular complexity index is 561. The van der Waals surface area contributed by atoms with Gasteiger partial charge < -0.3 is 10.5 Å². The maximum atomic E-state index is 5.88. The topological polar surface area (TPSA) is 48.1 Å². The summed E-state index contributed by atoms with van der Waals surface area (Å²) in [6.07, 6.45) is 0. The van der Waals surface area contributed by atoms with E-state index in [9.17, 15) is 0 Å². The number of thiazole rings is 1. The first-order valence-electron chi connectivity index (χ1n) is 5.91. The predicted molar refractivity (Wildman–Crippen MR) is 76.2 cm³/mol. The fraction of sp³-hybridized carbons (Fsp3) is 0.357. The SMILES string of the molecule is COc1ccc(-c2nc(C(C)N)sc2C)cc1C. The van der Waals surface area contributed by atoms with Crippen molar-refractivity contribution in [2.24, 2.45) is 5.73 Å². The average Bonchev–Trinajstić information content (AvgIpc) is 2.71. The van der Waals surface area contributed by atoms with Crippen molar-refractivity contribution >= 4 is 11.3 Å². The summed E-state index contributed by atoms with van der Waals surface area (Å²) in [5.74, 6) is 0.902. The van der Waals surface area contributed by atoms with Gasteiger partial charge in [-0.05, 0) is 44.5 Å². The fourth-order valence-electron chi connectivity index (χ4n) is 1.91. The van der Waals surface area contributed by atoms with Crippen molar-refractivity contribution in [3.63, 3.8) is 0 Å². The number of hydrogen-bond donors (Lipinski definition) is 1. The van der Waals surface area contributed by atoms with Gasteiger partial charge in [-0.15, -0.1) is 11.3 Å². The minimum Gasteiger partial charge on any atom is -0.496 e. The van der Waals surface area contributed by atoms with Gasteiger partial charge >= 0.3 is 0 Å². The monoisotopic (exact) mass is 262 g/mol. The van der Waals surface area contributed by atoms with Crippen LogP contribution in [-0.4, -0.2) is 12.1 Å². The Morgan fingerprint density at radius 2 is 2.06 bits per heavy atom. The summed E-state index contributed by atoms with van der Waals surface area (Å²) in [7, 11) is 1.68. The van der Waals surface area contributed by atoms with Gasteiger partial charge in [0, 0.05) is 10.4 Å². The molecule has 1 unspecified atom stereocenters. The van der Waals surface area contributed by atoms with Crippen molar-refractivity contribution in [2.45, 2.75) is 26.8 Å². The highest BCUT2D eigenvalue weighted by atomic mass is 32.1. The number of aromatic nitrogens is 1. The van der Waals surface area contributed by atoms with Crippen molar-refractivity contribution in [3.8, 4) is 17.0 Å². The molecule has 0 aliphatic carbocycles.